The van der Waals surface area contributed by atoms with Crippen molar-refractivity contribution >= 4 is 17.8 Å². The number of nitrogens with zero attached hydrogens (tertiary/aromatic N) is 1. The number of carbonyl (C=O) groups excluding carboxylic acids is 1. The fraction of sp³-hybridized carbons (Fsp3) is 0.158. The largest absolute Gasteiger partial charge is 0.496 e. The molecule has 0 bridgehead atoms. The molecule has 1 aliphatic rings. The van der Waals surface area contributed by atoms with Gasteiger partial charge in [-0.2, -0.15) is 0 Å². The van der Waals surface area contributed by atoms with Gasteiger partial charge in [-0.25, -0.2) is 9.38 Å². The highest BCUT2D eigenvalue weighted by molar-refractivity contribution is 6.20. The number of aliphatic imine (C=N–C) groups is 1. The molecule has 2 aromatic carbocycles. The first kappa shape index (κ1) is 17.5. The Morgan fingerprint density at radius 2 is 1.65 bits per heavy atom. The minimum absolute atomic E-state index is 0.152. The van der Waals surface area contributed by atoms with Crippen LogP contribution in [0.1, 0.15) is 11.1 Å². The molecular formula is C19H17FN2O4. The van der Waals surface area contributed by atoms with Gasteiger partial charge in [-0.15, -0.1) is 0 Å². The van der Waals surface area contributed by atoms with Crippen LogP contribution in [0.4, 0.5) is 4.39 Å². The molecule has 7 heteroatoms. The Hall–Kier alpha value is -3.35. The van der Waals surface area contributed by atoms with E-state index < -0.39 is 5.82 Å². The number of rotatable bonds is 5. The molecule has 3 rings (SSSR count). The van der Waals surface area contributed by atoms with E-state index in [1.54, 1.807) is 25.3 Å². The topological polar surface area (TPSA) is 69.2 Å². The zero-order valence-electron chi connectivity index (χ0n) is 14.5. The van der Waals surface area contributed by atoms with Crippen LogP contribution in [0.3, 0.4) is 0 Å². The summed E-state index contributed by atoms with van der Waals surface area (Å²) in [4.78, 5) is 16.6. The Balaban J connectivity index is 1.98. The monoisotopic (exact) mass is 356 g/mol. The van der Waals surface area contributed by atoms with E-state index in [1.807, 2.05) is 0 Å². The van der Waals surface area contributed by atoms with Gasteiger partial charge in [0.05, 0.1) is 21.3 Å². The van der Waals surface area contributed by atoms with Crippen LogP contribution in [0.15, 0.2) is 47.1 Å². The lowest BCUT2D eigenvalue weighted by atomic mass is 10.1. The fourth-order valence-corrected chi connectivity index (χ4v) is 2.55. The van der Waals surface area contributed by atoms with Crippen LogP contribution in [0, 0.1) is 5.82 Å². The highest BCUT2D eigenvalue weighted by Crippen LogP contribution is 2.29. The molecule has 6 nitrogen and oxygen atoms in total. The first-order valence-corrected chi connectivity index (χ1v) is 7.73. The Labute approximate surface area is 149 Å². The second-order valence-electron chi connectivity index (χ2n) is 5.40. The van der Waals surface area contributed by atoms with Gasteiger partial charge in [-0.05, 0) is 42.5 Å². The van der Waals surface area contributed by atoms with E-state index in [1.165, 1.54) is 38.5 Å². The lowest BCUT2D eigenvalue weighted by Crippen LogP contribution is -2.24. The second kappa shape index (κ2) is 7.26. The number of hydrogen-bond acceptors (Lipinski definition) is 5. The third-order valence-electron chi connectivity index (χ3n) is 3.84. The molecule has 1 heterocycles. The molecule has 0 spiro atoms. The molecule has 1 aliphatic heterocycles. The van der Waals surface area contributed by atoms with Crippen molar-refractivity contribution in [3.8, 4) is 17.2 Å². The maximum atomic E-state index is 13.5. The van der Waals surface area contributed by atoms with Gasteiger partial charge < -0.3 is 19.5 Å². The van der Waals surface area contributed by atoms with Gasteiger partial charge in [0.2, 0.25) is 0 Å². The molecular weight excluding hydrogens is 339 g/mol. The Morgan fingerprint density at radius 3 is 2.35 bits per heavy atom. The summed E-state index contributed by atoms with van der Waals surface area (Å²) < 4.78 is 29.2. The molecule has 0 radical (unpaired) electrons. The van der Waals surface area contributed by atoms with Crippen molar-refractivity contribution in [2.75, 3.05) is 21.3 Å². The van der Waals surface area contributed by atoms with Gasteiger partial charge >= 0.3 is 0 Å². The van der Waals surface area contributed by atoms with E-state index in [0.717, 1.165) is 0 Å². The van der Waals surface area contributed by atoms with Crippen LogP contribution in [-0.2, 0) is 4.79 Å². The van der Waals surface area contributed by atoms with Crippen molar-refractivity contribution < 1.29 is 23.4 Å². The van der Waals surface area contributed by atoms with Gasteiger partial charge in [0, 0.05) is 11.1 Å². The first-order chi connectivity index (χ1) is 12.5. The van der Waals surface area contributed by atoms with Crippen molar-refractivity contribution in [3.05, 3.63) is 59.0 Å². The minimum atomic E-state index is -0.430. The number of amides is 1. The lowest BCUT2D eigenvalue weighted by Gasteiger charge is -2.09. The molecule has 0 unspecified atom stereocenters. The summed E-state index contributed by atoms with van der Waals surface area (Å²) in [5.74, 6) is 1.09. The molecule has 134 valence electrons. The van der Waals surface area contributed by atoms with Crippen LogP contribution in [-0.4, -0.2) is 33.1 Å². The fourth-order valence-electron chi connectivity index (χ4n) is 2.55. The summed E-state index contributed by atoms with van der Waals surface area (Å²) >= 11 is 0. The van der Waals surface area contributed by atoms with Gasteiger partial charge in [-0.1, -0.05) is 0 Å². The van der Waals surface area contributed by atoms with E-state index in [-0.39, 0.29) is 11.6 Å². The van der Waals surface area contributed by atoms with Gasteiger partial charge in [0.25, 0.3) is 5.91 Å². The molecule has 0 aliphatic carbocycles. The molecule has 0 fully saturated rings. The second-order valence-corrected chi connectivity index (χ2v) is 5.40. The van der Waals surface area contributed by atoms with Crippen LogP contribution >= 0.6 is 0 Å². The van der Waals surface area contributed by atoms with Crippen molar-refractivity contribution in [3.63, 3.8) is 0 Å². The molecule has 0 aromatic heterocycles. The molecule has 1 N–H and O–H groups in total. The molecule has 1 amide bonds. The quantitative estimate of drug-likeness (QED) is 0.837. The highest BCUT2D eigenvalue weighted by Gasteiger charge is 2.22. The van der Waals surface area contributed by atoms with E-state index in [2.05, 4.69) is 10.3 Å². The number of hydrogen-bond donors (Lipinski definition) is 1. The first-order valence-electron chi connectivity index (χ1n) is 7.73. The lowest BCUT2D eigenvalue weighted by molar-refractivity contribution is -0.115. The number of nitrogens with one attached hydrogen (secondary N) is 1. The average molecular weight is 356 g/mol. The normalized spacial score (nSPS) is 14.8. The number of amidine groups is 1. The summed E-state index contributed by atoms with van der Waals surface area (Å²) in [5, 5.41) is 2.69. The molecule has 0 atom stereocenters. The summed E-state index contributed by atoms with van der Waals surface area (Å²) in [7, 11) is 4.54. The van der Waals surface area contributed by atoms with E-state index in [9.17, 15) is 9.18 Å². The number of benzene rings is 2. The maximum absolute atomic E-state index is 13.5. The summed E-state index contributed by atoms with van der Waals surface area (Å²) in [5.41, 5.74) is 1.24. The third kappa shape index (κ3) is 3.37. The third-order valence-corrected chi connectivity index (χ3v) is 3.84. The number of ether oxygens (including phenoxy) is 3. The molecule has 26 heavy (non-hydrogen) atoms. The van der Waals surface area contributed by atoms with Gasteiger partial charge in [0.1, 0.15) is 23.1 Å². The predicted octanol–water partition coefficient (Wildman–Crippen LogP) is 2.77. The molecule has 0 saturated heterocycles. The van der Waals surface area contributed by atoms with Crippen LogP contribution in [0.5, 0.6) is 17.2 Å². The SMILES string of the molecule is COc1ccc(F)cc1/C=C1/N=C(c2ccc(OC)c(OC)c2)NC1=O. The van der Waals surface area contributed by atoms with Gasteiger partial charge in [0.15, 0.2) is 11.5 Å². The zero-order chi connectivity index (χ0) is 18.7. The molecule has 2 aromatic rings. The molecule has 0 saturated carbocycles. The number of halogens is 1. The van der Waals surface area contributed by atoms with E-state index in [0.29, 0.717) is 34.2 Å². The zero-order valence-corrected chi connectivity index (χ0v) is 14.5. The predicted molar refractivity (Wildman–Crippen MR) is 95.2 cm³/mol. The summed E-state index contributed by atoms with van der Waals surface area (Å²) in [6.07, 6.45) is 1.48. The van der Waals surface area contributed by atoms with Crippen LogP contribution in [0.25, 0.3) is 6.08 Å². The average Bonchev–Trinajstić information content (AvgIpc) is 3.02. The van der Waals surface area contributed by atoms with Crippen molar-refractivity contribution in [1.29, 1.82) is 0 Å². The highest BCUT2D eigenvalue weighted by atomic mass is 19.1. The van der Waals surface area contributed by atoms with Crippen LogP contribution in [0.2, 0.25) is 0 Å². The smallest absolute Gasteiger partial charge is 0.275 e. The van der Waals surface area contributed by atoms with Crippen molar-refractivity contribution in [2.45, 2.75) is 0 Å². The van der Waals surface area contributed by atoms with Gasteiger partial charge in [-0.3, -0.25) is 4.79 Å². The van der Waals surface area contributed by atoms with Crippen molar-refractivity contribution in [2.24, 2.45) is 4.99 Å². The van der Waals surface area contributed by atoms with Crippen LogP contribution < -0.4 is 19.5 Å². The number of carbonyl (C=O) groups is 1. The van der Waals surface area contributed by atoms with E-state index in [4.69, 9.17) is 14.2 Å². The Bertz CT molecular complexity index is 922. The number of methoxy groups -OCH3 is 3. The Morgan fingerprint density at radius 1 is 0.962 bits per heavy atom. The van der Waals surface area contributed by atoms with E-state index >= 15 is 0 Å². The standard InChI is InChI=1S/C19H17FN2O4/c1-24-15-7-5-13(20)8-12(15)9-14-19(23)22-18(21-14)11-4-6-16(25-2)17(10-11)26-3/h4-10H,1-3H3,(H,21,22,23)/b14-9+. The summed E-state index contributed by atoms with van der Waals surface area (Å²) in [6, 6.07) is 9.25. The minimum Gasteiger partial charge on any atom is -0.496 e. The Kier molecular flexibility index (Phi) is 4.88. The summed E-state index contributed by atoms with van der Waals surface area (Å²) in [6.45, 7) is 0. The maximum Gasteiger partial charge on any atom is 0.275 e. The van der Waals surface area contributed by atoms with Crippen molar-refractivity contribution in [1.82, 2.24) is 5.32 Å².